The van der Waals surface area contributed by atoms with Gasteiger partial charge in [-0.15, -0.1) is 11.3 Å². The number of aromatic nitrogens is 2. The molecular weight excluding hydrogens is 353 g/mol. The summed E-state index contributed by atoms with van der Waals surface area (Å²) < 4.78 is 19.1. The quantitative estimate of drug-likeness (QED) is 0.698. The van der Waals surface area contributed by atoms with E-state index in [0.717, 1.165) is 17.7 Å². The zero-order valence-electron chi connectivity index (χ0n) is 14.1. The zero-order valence-corrected chi connectivity index (χ0v) is 14.9. The van der Waals surface area contributed by atoms with E-state index in [-0.39, 0.29) is 24.1 Å². The number of hydrogen-bond donors (Lipinski definition) is 0. The lowest BCUT2D eigenvalue weighted by atomic mass is 9.96. The molecule has 1 aliphatic rings. The van der Waals surface area contributed by atoms with Crippen molar-refractivity contribution < 1.29 is 13.7 Å². The van der Waals surface area contributed by atoms with Gasteiger partial charge in [-0.25, -0.2) is 4.39 Å². The average Bonchev–Trinajstić information content (AvgIpc) is 3.35. The van der Waals surface area contributed by atoms with Crippen LogP contribution < -0.4 is 0 Å². The van der Waals surface area contributed by atoms with Crippen LogP contribution in [-0.4, -0.2) is 34.0 Å². The molecule has 26 heavy (non-hydrogen) atoms. The van der Waals surface area contributed by atoms with E-state index in [4.69, 9.17) is 4.52 Å². The van der Waals surface area contributed by atoms with E-state index in [1.165, 1.54) is 6.07 Å². The van der Waals surface area contributed by atoms with E-state index in [1.807, 2.05) is 17.5 Å². The zero-order chi connectivity index (χ0) is 17.9. The Bertz CT molecular complexity index is 886. The molecule has 3 heterocycles. The second kappa shape index (κ2) is 7.37. The summed E-state index contributed by atoms with van der Waals surface area (Å²) in [5, 5.41) is 6.03. The SMILES string of the molecule is O=C(Cc1ccccc1F)N1CCC(c2nc(-c3cccs3)no2)CC1. The van der Waals surface area contributed by atoms with Crippen molar-refractivity contribution in [2.45, 2.75) is 25.2 Å². The molecule has 1 saturated heterocycles. The number of carbonyl (C=O) groups is 1. The first kappa shape index (κ1) is 16.9. The van der Waals surface area contributed by atoms with Crippen molar-refractivity contribution in [3.8, 4) is 10.7 Å². The molecule has 0 bridgehead atoms. The number of carbonyl (C=O) groups excluding carboxylic acids is 1. The van der Waals surface area contributed by atoms with E-state index < -0.39 is 0 Å². The fourth-order valence-electron chi connectivity index (χ4n) is 3.20. The molecule has 134 valence electrons. The number of rotatable bonds is 4. The fraction of sp³-hybridized carbons (Fsp3) is 0.316. The van der Waals surface area contributed by atoms with Crippen molar-refractivity contribution in [3.63, 3.8) is 0 Å². The maximum atomic E-state index is 13.7. The molecule has 4 rings (SSSR count). The molecule has 1 aromatic carbocycles. The van der Waals surface area contributed by atoms with E-state index in [1.54, 1.807) is 34.4 Å². The smallest absolute Gasteiger partial charge is 0.230 e. The van der Waals surface area contributed by atoms with Crippen LogP contribution >= 0.6 is 11.3 Å². The normalized spacial score (nSPS) is 15.3. The largest absolute Gasteiger partial charge is 0.342 e. The minimum absolute atomic E-state index is 0.0432. The Hall–Kier alpha value is -2.54. The molecule has 7 heteroatoms. The fourth-order valence-corrected chi connectivity index (χ4v) is 3.85. The molecule has 0 aliphatic carbocycles. The summed E-state index contributed by atoms with van der Waals surface area (Å²) in [6.45, 7) is 1.24. The molecule has 1 amide bonds. The molecule has 0 N–H and O–H groups in total. The highest BCUT2D eigenvalue weighted by Gasteiger charge is 2.28. The van der Waals surface area contributed by atoms with Crippen molar-refractivity contribution in [1.82, 2.24) is 15.0 Å². The predicted octanol–water partition coefficient (Wildman–Crippen LogP) is 3.89. The maximum absolute atomic E-state index is 13.7. The van der Waals surface area contributed by atoms with Crippen molar-refractivity contribution >= 4 is 17.2 Å². The number of benzene rings is 1. The highest BCUT2D eigenvalue weighted by Crippen LogP contribution is 2.30. The summed E-state index contributed by atoms with van der Waals surface area (Å²) in [5.74, 6) is 1.04. The monoisotopic (exact) mass is 371 g/mol. The van der Waals surface area contributed by atoms with Crippen LogP contribution in [0.25, 0.3) is 10.7 Å². The third-order valence-electron chi connectivity index (χ3n) is 4.68. The van der Waals surface area contributed by atoms with E-state index in [0.29, 0.717) is 30.4 Å². The number of hydrogen-bond acceptors (Lipinski definition) is 5. The molecule has 2 aromatic heterocycles. The van der Waals surface area contributed by atoms with Crippen LogP contribution in [0.1, 0.15) is 30.2 Å². The van der Waals surface area contributed by atoms with Crippen molar-refractivity contribution in [2.75, 3.05) is 13.1 Å². The average molecular weight is 371 g/mol. The van der Waals surface area contributed by atoms with Crippen LogP contribution in [0.2, 0.25) is 0 Å². The van der Waals surface area contributed by atoms with Crippen LogP contribution in [0.3, 0.4) is 0 Å². The van der Waals surface area contributed by atoms with Gasteiger partial charge in [0.1, 0.15) is 5.82 Å². The minimum atomic E-state index is -0.331. The van der Waals surface area contributed by atoms with Crippen LogP contribution in [-0.2, 0) is 11.2 Å². The number of nitrogens with zero attached hydrogens (tertiary/aromatic N) is 3. The van der Waals surface area contributed by atoms with Crippen molar-refractivity contribution in [2.24, 2.45) is 0 Å². The Morgan fingerprint density at radius 3 is 2.77 bits per heavy atom. The molecule has 0 saturated carbocycles. The summed E-state index contributed by atoms with van der Waals surface area (Å²) >= 11 is 1.57. The summed E-state index contributed by atoms with van der Waals surface area (Å²) in [7, 11) is 0. The lowest BCUT2D eigenvalue weighted by Crippen LogP contribution is -2.39. The number of amides is 1. The van der Waals surface area contributed by atoms with Crippen LogP contribution in [0.4, 0.5) is 4.39 Å². The molecule has 0 atom stereocenters. The Morgan fingerprint density at radius 2 is 2.04 bits per heavy atom. The molecular formula is C19H18FN3O2S. The van der Waals surface area contributed by atoms with Crippen LogP contribution in [0, 0.1) is 5.82 Å². The first-order valence-corrected chi connectivity index (χ1v) is 9.47. The van der Waals surface area contributed by atoms with Gasteiger partial charge in [-0.2, -0.15) is 4.98 Å². The molecule has 0 radical (unpaired) electrons. The van der Waals surface area contributed by atoms with Gasteiger partial charge in [-0.1, -0.05) is 29.4 Å². The lowest BCUT2D eigenvalue weighted by Gasteiger charge is -2.30. The van der Waals surface area contributed by atoms with Gasteiger partial charge in [0.2, 0.25) is 17.6 Å². The lowest BCUT2D eigenvalue weighted by molar-refractivity contribution is -0.131. The Morgan fingerprint density at radius 1 is 1.23 bits per heavy atom. The standard InChI is InChI=1S/C19H18FN3O2S/c20-15-5-2-1-4-14(15)12-17(24)23-9-7-13(8-10-23)19-21-18(22-25-19)16-6-3-11-26-16/h1-6,11,13H,7-10,12H2. The predicted molar refractivity (Wildman–Crippen MR) is 96.3 cm³/mol. The number of halogens is 1. The van der Waals surface area contributed by atoms with Crippen molar-refractivity contribution in [3.05, 3.63) is 59.0 Å². The Kier molecular flexibility index (Phi) is 4.79. The number of piperidine rings is 1. The first-order chi connectivity index (χ1) is 12.7. The van der Waals surface area contributed by atoms with Gasteiger partial charge in [0.25, 0.3) is 0 Å². The summed E-state index contributed by atoms with van der Waals surface area (Å²) in [4.78, 5) is 19.7. The van der Waals surface area contributed by atoms with Gasteiger partial charge in [0.15, 0.2) is 0 Å². The molecule has 0 spiro atoms. The molecule has 1 fully saturated rings. The van der Waals surface area contributed by atoms with Crippen molar-refractivity contribution in [1.29, 1.82) is 0 Å². The molecule has 3 aromatic rings. The maximum Gasteiger partial charge on any atom is 0.230 e. The van der Waals surface area contributed by atoms with Gasteiger partial charge < -0.3 is 9.42 Å². The Balaban J connectivity index is 1.35. The summed E-state index contributed by atoms with van der Waals surface area (Å²) in [6.07, 6.45) is 1.64. The second-order valence-corrected chi connectivity index (χ2v) is 7.30. The van der Waals surface area contributed by atoms with Gasteiger partial charge >= 0.3 is 0 Å². The third-order valence-corrected chi connectivity index (χ3v) is 5.55. The van der Waals surface area contributed by atoms with Gasteiger partial charge in [-0.3, -0.25) is 4.79 Å². The number of likely N-dealkylation sites (tertiary alicyclic amines) is 1. The summed E-state index contributed by atoms with van der Waals surface area (Å²) in [5.41, 5.74) is 0.442. The highest BCUT2D eigenvalue weighted by atomic mass is 32.1. The van der Waals surface area contributed by atoms with E-state index in [2.05, 4.69) is 10.1 Å². The third kappa shape index (κ3) is 3.53. The minimum Gasteiger partial charge on any atom is -0.342 e. The molecule has 5 nitrogen and oxygen atoms in total. The van der Waals surface area contributed by atoms with Crippen LogP contribution in [0.15, 0.2) is 46.3 Å². The molecule has 0 unspecified atom stereocenters. The van der Waals surface area contributed by atoms with E-state index in [9.17, 15) is 9.18 Å². The van der Waals surface area contributed by atoms with E-state index >= 15 is 0 Å². The highest BCUT2D eigenvalue weighted by molar-refractivity contribution is 7.13. The molecule has 1 aliphatic heterocycles. The van der Waals surface area contributed by atoms with Gasteiger partial charge in [0.05, 0.1) is 11.3 Å². The Labute approximate surface area is 154 Å². The topological polar surface area (TPSA) is 59.2 Å². The second-order valence-electron chi connectivity index (χ2n) is 6.36. The van der Waals surface area contributed by atoms with Gasteiger partial charge in [-0.05, 0) is 35.9 Å². The first-order valence-electron chi connectivity index (χ1n) is 8.59. The number of thiophene rings is 1. The summed E-state index contributed by atoms with van der Waals surface area (Å²) in [6, 6.07) is 10.3. The van der Waals surface area contributed by atoms with Crippen LogP contribution in [0.5, 0.6) is 0 Å². The van der Waals surface area contributed by atoms with Gasteiger partial charge in [0, 0.05) is 19.0 Å².